The number of nitrogens with two attached hydrogens (primary N) is 1. The molecule has 2 fully saturated rings. The Hall–Kier alpha value is -1.10. The molecule has 5 heteroatoms. The minimum absolute atomic E-state index is 0.156. The van der Waals surface area contributed by atoms with Gasteiger partial charge < -0.3 is 15.7 Å². The second kappa shape index (κ2) is 5.26. The number of carbonyl (C=O) groups excluding carboxylic acids is 1. The van der Waals surface area contributed by atoms with E-state index in [4.69, 9.17) is 10.8 Å². The molecular weight excluding hydrogens is 232 g/mol. The van der Waals surface area contributed by atoms with Crippen LogP contribution in [0.5, 0.6) is 0 Å². The number of hydrogen-bond donors (Lipinski definition) is 2. The van der Waals surface area contributed by atoms with Crippen molar-refractivity contribution in [3.63, 3.8) is 0 Å². The van der Waals surface area contributed by atoms with Gasteiger partial charge in [-0.25, -0.2) is 0 Å². The molecule has 2 aliphatic rings. The average Bonchev–Trinajstić information content (AvgIpc) is 3.11. The van der Waals surface area contributed by atoms with Crippen molar-refractivity contribution in [3.8, 4) is 0 Å². The van der Waals surface area contributed by atoms with E-state index in [0.29, 0.717) is 25.3 Å². The van der Waals surface area contributed by atoms with E-state index < -0.39 is 11.5 Å². The molecule has 0 aromatic rings. The highest BCUT2D eigenvalue weighted by atomic mass is 16.4. The molecule has 0 atom stereocenters. The van der Waals surface area contributed by atoms with Crippen molar-refractivity contribution < 1.29 is 14.7 Å². The van der Waals surface area contributed by atoms with Crippen LogP contribution in [0.4, 0.5) is 0 Å². The molecule has 102 valence electrons. The fourth-order valence-corrected chi connectivity index (χ4v) is 2.71. The Morgan fingerprint density at radius 2 is 1.83 bits per heavy atom. The molecule has 0 unspecified atom stereocenters. The molecule has 18 heavy (non-hydrogen) atoms. The van der Waals surface area contributed by atoms with Crippen molar-refractivity contribution in [2.45, 2.75) is 50.5 Å². The summed E-state index contributed by atoms with van der Waals surface area (Å²) in [4.78, 5) is 24.8. The molecule has 5 nitrogen and oxygen atoms in total. The van der Waals surface area contributed by atoms with E-state index in [1.54, 1.807) is 0 Å². The third-order valence-corrected chi connectivity index (χ3v) is 3.96. The lowest BCUT2D eigenvalue weighted by molar-refractivity contribution is -0.147. The van der Waals surface area contributed by atoms with Crippen LogP contribution in [-0.4, -0.2) is 40.5 Å². The molecule has 0 heterocycles. The quantitative estimate of drug-likeness (QED) is 0.765. The van der Waals surface area contributed by atoms with Crippen molar-refractivity contribution in [2.24, 2.45) is 11.7 Å². The zero-order valence-corrected chi connectivity index (χ0v) is 10.7. The van der Waals surface area contributed by atoms with Crippen LogP contribution in [0.2, 0.25) is 0 Å². The van der Waals surface area contributed by atoms with E-state index in [1.807, 2.05) is 0 Å². The fraction of sp³-hybridized carbons (Fsp3) is 0.846. The summed E-state index contributed by atoms with van der Waals surface area (Å²) in [6.45, 7) is 0.346. The minimum Gasteiger partial charge on any atom is -0.480 e. The first-order valence-electron chi connectivity index (χ1n) is 6.81. The number of nitrogens with zero attached hydrogens (tertiary/aromatic N) is 1. The molecule has 0 bridgehead atoms. The molecule has 3 N–H and O–H groups in total. The number of aliphatic carboxylic acids is 1. The molecular formula is C13H22N2O3. The van der Waals surface area contributed by atoms with Crippen molar-refractivity contribution >= 4 is 11.9 Å². The van der Waals surface area contributed by atoms with Crippen LogP contribution in [0.1, 0.15) is 44.9 Å². The van der Waals surface area contributed by atoms with Gasteiger partial charge in [0.2, 0.25) is 5.91 Å². The Bertz CT molecular complexity index is 333. The molecule has 0 aromatic carbocycles. The number of amides is 1. The zero-order valence-electron chi connectivity index (χ0n) is 10.7. The number of carbonyl (C=O) groups is 2. The van der Waals surface area contributed by atoms with Gasteiger partial charge in [0.05, 0.1) is 5.54 Å². The Morgan fingerprint density at radius 1 is 1.22 bits per heavy atom. The third kappa shape index (κ3) is 3.22. The van der Waals surface area contributed by atoms with Gasteiger partial charge in [0.15, 0.2) is 0 Å². The fourth-order valence-electron chi connectivity index (χ4n) is 2.71. The molecule has 0 aromatic heterocycles. The van der Waals surface area contributed by atoms with E-state index in [9.17, 15) is 9.59 Å². The monoisotopic (exact) mass is 254 g/mol. The van der Waals surface area contributed by atoms with Gasteiger partial charge >= 0.3 is 5.97 Å². The summed E-state index contributed by atoms with van der Waals surface area (Å²) in [6.07, 6.45) is 6.62. The van der Waals surface area contributed by atoms with Gasteiger partial charge in [-0.3, -0.25) is 9.59 Å². The molecule has 0 radical (unpaired) electrons. The Morgan fingerprint density at radius 3 is 2.33 bits per heavy atom. The van der Waals surface area contributed by atoms with E-state index >= 15 is 0 Å². The van der Waals surface area contributed by atoms with E-state index in [2.05, 4.69) is 0 Å². The lowest BCUT2D eigenvalue weighted by atomic mass is 9.81. The Balaban J connectivity index is 2.02. The number of carboxylic acid groups (broad SMARTS) is 1. The number of rotatable bonds is 5. The first-order valence-corrected chi connectivity index (χ1v) is 6.81. The predicted octanol–water partition coefficient (Wildman–Crippen LogP) is 0.971. The van der Waals surface area contributed by atoms with Gasteiger partial charge in [0, 0.05) is 6.54 Å². The summed E-state index contributed by atoms with van der Waals surface area (Å²) in [5.74, 6) is -0.625. The van der Waals surface area contributed by atoms with Crippen LogP contribution in [0.15, 0.2) is 0 Å². The third-order valence-electron chi connectivity index (χ3n) is 3.96. The summed E-state index contributed by atoms with van der Waals surface area (Å²) >= 11 is 0. The lowest BCUT2D eigenvalue weighted by Gasteiger charge is -2.36. The van der Waals surface area contributed by atoms with Gasteiger partial charge in [-0.1, -0.05) is 19.3 Å². The van der Waals surface area contributed by atoms with Crippen LogP contribution in [0.25, 0.3) is 0 Å². The summed E-state index contributed by atoms with van der Waals surface area (Å²) in [6, 6.07) is 0. The standard InChI is InChI=1S/C13H22N2O3/c14-13(6-2-1-3-7-13)12(18)15(9-11(16)17)8-10-4-5-10/h10H,1-9,14H2,(H,16,17). The van der Waals surface area contributed by atoms with E-state index in [1.165, 1.54) is 4.90 Å². The largest absolute Gasteiger partial charge is 0.480 e. The van der Waals surface area contributed by atoms with Crippen LogP contribution in [0.3, 0.4) is 0 Å². The normalized spacial score (nSPS) is 22.5. The van der Waals surface area contributed by atoms with E-state index in [0.717, 1.165) is 32.1 Å². The lowest BCUT2D eigenvalue weighted by Crippen LogP contribution is -2.57. The summed E-state index contributed by atoms with van der Waals surface area (Å²) in [7, 11) is 0. The van der Waals surface area contributed by atoms with Crippen molar-refractivity contribution in [3.05, 3.63) is 0 Å². The van der Waals surface area contributed by atoms with Gasteiger partial charge in [-0.15, -0.1) is 0 Å². The topological polar surface area (TPSA) is 83.6 Å². The smallest absolute Gasteiger partial charge is 0.323 e. The highest BCUT2D eigenvalue weighted by Crippen LogP contribution is 2.32. The Labute approximate surface area is 107 Å². The van der Waals surface area contributed by atoms with Crippen molar-refractivity contribution in [1.82, 2.24) is 4.90 Å². The molecule has 0 spiro atoms. The van der Waals surface area contributed by atoms with Crippen molar-refractivity contribution in [2.75, 3.05) is 13.1 Å². The average molecular weight is 254 g/mol. The molecule has 2 aliphatic carbocycles. The zero-order chi connectivity index (χ0) is 13.2. The number of carboxylic acids is 1. The molecule has 0 aliphatic heterocycles. The highest BCUT2D eigenvalue weighted by molar-refractivity contribution is 5.88. The van der Waals surface area contributed by atoms with Gasteiger partial charge in [-0.05, 0) is 31.6 Å². The first-order chi connectivity index (χ1) is 8.51. The minimum atomic E-state index is -0.955. The number of hydrogen-bond acceptors (Lipinski definition) is 3. The second-order valence-electron chi connectivity index (χ2n) is 5.74. The Kier molecular flexibility index (Phi) is 3.90. The molecule has 2 rings (SSSR count). The first kappa shape index (κ1) is 13.3. The summed E-state index contributed by atoms with van der Waals surface area (Å²) in [5.41, 5.74) is 5.37. The van der Waals surface area contributed by atoms with Gasteiger partial charge in [-0.2, -0.15) is 0 Å². The van der Waals surface area contributed by atoms with Gasteiger partial charge in [0.1, 0.15) is 6.54 Å². The molecule has 1 amide bonds. The predicted molar refractivity (Wildman–Crippen MR) is 66.9 cm³/mol. The van der Waals surface area contributed by atoms with Gasteiger partial charge in [0.25, 0.3) is 0 Å². The van der Waals surface area contributed by atoms with Crippen LogP contribution >= 0.6 is 0 Å². The van der Waals surface area contributed by atoms with Crippen LogP contribution < -0.4 is 5.73 Å². The van der Waals surface area contributed by atoms with Crippen LogP contribution in [0, 0.1) is 5.92 Å². The maximum atomic E-state index is 12.5. The maximum Gasteiger partial charge on any atom is 0.323 e. The summed E-state index contributed by atoms with van der Waals surface area (Å²) < 4.78 is 0. The highest BCUT2D eigenvalue weighted by Gasteiger charge is 2.40. The second-order valence-corrected chi connectivity index (χ2v) is 5.74. The van der Waals surface area contributed by atoms with Crippen molar-refractivity contribution in [1.29, 1.82) is 0 Å². The molecule has 2 saturated carbocycles. The maximum absolute atomic E-state index is 12.5. The van der Waals surface area contributed by atoms with E-state index in [-0.39, 0.29) is 12.5 Å². The van der Waals surface area contributed by atoms with Crippen LogP contribution in [-0.2, 0) is 9.59 Å². The molecule has 0 saturated heterocycles. The SMILES string of the molecule is NC1(C(=O)N(CC(=O)O)CC2CC2)CCCCC1. The summed E-state index contributed by atoms with van der Waals surface area (Å²) in [5, 5.41) is 8.91.